The van der Waals surface area contributed by atoms with E-state index >= 15 is 0 Å². The summed E-state index contributed by atoms with van der Waals surface area (Å²) in [6.07, 6.45) is 1.14. The molecule has 1 saturated heterocycles. The fourth-order valence-corrected chi connectivity index (χ4v) is 5.53. The predicted molar refractivity (Wildman–Crippen MR) is 122 cm³/mol. The molecule has 1 fully saturated rings. The van der Waals surface area contributed by atoms with E-state index in [2.05, 4.69) is 15.5 Å². The van der Waals surface area contributed by atoms with E-state index in [1.807, 2.05) is 6.92 Å². The second kappa shape index (κ2) is 9.07. The van der Waals surface area contributed by atoms with Crippen molar-refractivity contribution in [1.29, 1.82) is 0 Å². The highest BCUT2D eigenvalue weighted by atomic mass is 32.2. The third kappa shape index (κ3) is 4.48. The minimum atomic E-state index is -3.68. The van der Waals surface area contributed by atoms with Crippen LogP contribution in [0.2, 0.25) is 0 Å². The van der Waals surface area contributed by atoms with E-state index in [1.165, 1.54) is 4.31 Å². The molecule has 0 saturated carbocycles. The number of nitrogens with one attached hydrogen (secondary N) is 1. The zero-order valence-corrected chi connectivity index (χ0v) is 19.4. The summed E-state index contributed by atoms with van der Waals surface area (Å²) in [5, 5.41) is 10.5. The molecule has 1 unspecified atom stereocenters. The van der Waals surface area contributed by atoms with Crippen molar-refractivity contribution in [2.75, 3.05) is 31.6 Å². The number of carbonyl (C=O) groups is 1. The number of aryl methyl sites for hydroxylation is 1. The van der Waals surface area contributed by atoms with Crippen LogP contribution in [0, 0.1) is 12.8 Å². The van der Waals surface area contributed by atoms with Crippen LogP contribution in [-0.4, -0.2) is 55.1 Å². The predicted octanol–water partition coefficient (Wildman–Crippen LogP) is 2.86. The maximum absolute atomic E-state index is 13.0. The first-order valence-corrected chi connectivity index (χ1v) is 12.5. The Morgan fingerprint density at radius 1 is 1.06 bits per heavy atom. The summed E-state index contributed by atoms with van der Waals surface area (Å²) in [7, 11) is -3.68. The number of hydrogen-bond acceptors (Lipinski definition) is 8. The molecule has 5 rings (SSSR count). The molecule has 1 N–H and O–H groups in total. The largest absolute Gasteiger partial charge is 0.486 e. The van der Waals surface area contributed by atoms with Gasteiger partial charge in [0.25, 0.3) is 0 Å². The van der Waals surface area contributed by atoms with Crippen LogP contribution < -0.4 is 14.8 Å². The molecular weight excluding hydrogens is 460 g/mol. The number of carbonyl (C=O) groups excluding carboxylic acids is 1. The van der Waals surface area contributed by atoms with Crippen molar-refractivity contribution in [2.24, 2.45) is 5.92 Å². The topological polar surface area (TPSA) is 124 Å². The van der Waals surface area contributed by atoms with Crippen LogP contribution in [0.15, 0.2) is 51.8 Å². The number of nitrogens with zero attached hydrogens (tertiary/aromatic N) is 3. The van der Waals surface area contributed by atoms with Crippen molar-refractivity contribution < 1.29 is 27.1 Å². The third-order valence-corrected chi connectivity index (χ3v) is 7.74. The van der Waals surface area contributed by atoms with Crippen LogP contribution in [0.5, 0.6) is 11.5 Å². The Hall–Kier alpha value is -3.44. The Labute approximate surface area is 196 Å². The number of aromatic nitrogens is 2. The van der Waals surface area contributed by atoms with Gasteiger partial charge in [0.15, 0.2) is 11.5 Å². The second-order valence-corrected chi connectivity index (χ2v) is 10.2. The van der Waals surface area contributed by atoms with Crippen LogP contribution in [-0.2, 0) is 14.8 Å². The average Bonchev–Trinajstić information content (AvgIpc) is 3.32. The number of fused-ring (bicyclic) bond motifs is 1. The molecule has 34 heavy (non-hydrogen) atoms. The summed E-state index contributed by atoms with van der Waals surface area (Å²) in [4.78, 5) is 13.1. The zero-order valence-electron chi connectivity index (χ0n) is 18.6. The number of anilines is 1. The lowest BCUT2D eigenvalue weighted by molar-refractivity contribution is -0.121. The van der Waals surface area contributed by atoms with Crippen LogP contribution in [0.3, 0.4) is 0 Å². The lowest BCUT2D eigenvalue weighted by atomic mass is 9.99. The minimum Gasteiger partial charge on any atom is -0.486 e. The van der Waals surface area contributed by atoms with Crippen molar-refractivity contribution in [3.8, 4) is 23.0 Å². The molecule has 2 aliphatic heterocycles. The normalized spacial score (nSPS) is 18.4. The van der Waals surface area contributed by atoms with Crippen molar-refractivity contribution in [3.63, 3.8) is 0 Å². The molecule has 1 aromatic heterocycles. The first kappa shape index (κ1) is 22.4. The number of hydrogen-bond donors (Lipinski definition) is 1. The van der Waals surface area contributed by atoms with E-state index < -0.39 is 15.9 Å². The van der Waals surface area contributed by atoms with Crippen LogP contribution in [0.1, 0.15) is 18.4 Å². The molecule has 3 aromatic rings. The number of rotatable bonds is 5. The van der Waals surface area contributed by atoms with Gasteiger partial charge in [-0.2, -0.15) is 4.31 Å². The molecule has 2 aliphatic rings. The molecular formula is C23H24N4O6S. The van der Waals surface area contributed by atoms with Gasteiger partial charge in [-0.05, 0) is 50.1 Å². The van der Waals surface area contributed by atoms with Crippen LogP contribution >= 0.6 is 0 Å². The Bertz CT molecular complexity index is 1310. The molecule has 2 aromatic carbocycles. The Morgan fingerprint density at radius 3 is 2.62 bits per heavy atom. The van der Waals surface area contributed by atoms with E-state index in [1.54, 1.807) is 42.5 Å². The molecule has 178 valence electrons. The number of sulfonamides is 1. The fraction of sp³-hybridized carbons (Fsp3) is 0.348. The van der Waals surface area contributed by atoms with Gasteiger partial charge in [-0.1, -0.05) is 22.8 Å². The highest BCUT2D eigenvalue weighted by Crippen LogP contribution is 2.34. The van der Waals surface area contributed by atoms with E-state index in [4.69, 9.17) is 13.9 Å². The number of ether oxygens (including phenoxy) is 2. The summed E-state index contributed by atoms with van der Waals surface area (Å²) < 4.78 is 44.1. The van der Waals surface area contributed by atoms with Gasteiger partial charge in [-0.25, -0.2) is 8.42 Å². The maximum atomic E-state index is 13.0. The summed E-state index contributed by atoms with van der Waals surface area (Å²) in [5.41, 5.74) is 1.61. The first-order chi connectivity index (χ1) is 16.4. The molecule has 1 amide bonds. The molecule has 0 radical (unpaired) electrons. The number of benzene rings is 2. The number of piperidine rings is 1. The molecule has 1 atom stereocenters. The van der Waals surface area contributed by atoms with E-state index in [9.17, 15) is 13.2 Å². The van der Waals surface area contributed by atoms with Gasteiger partial charge >= 0.3 is 6.01 Å². The van der Waals surface area contributed by atoms with Crippen molar-refractivity contribution in [1.82, 2.24) is 14.5 Å². The monoisotopic (exact) mass is 484 g/mol. The van der Waals surface area contributed by atoms with Gasteiger partial charge in [0, 0.05) is 18.7 Å². The Kier molecular flexibility index (Phi) is 5.96. The third-order valence-electron chi connectivity index (χ3n) is 5.86. The van der Waals surface area contributed by atoms with Gasteiger partial charge in [-0.15, -0.1) is 5.10 Å². The Morgan fingerprint density at radius 2 is 1.82 bits per heavy atom. The van der Waals surface area contributed by atoms with Crippen molar-refractivity contribution in [2.45, 2.75) is 24.7 Å². The summed E-state index contributed by atoms with van der Waals surface area (Å²) >= 11 is 0. The standard InChI is InChI=1S/C23H24N4O6S/c1-15-4-7-18(8-5-15)34(29,30)27-10-2-3-17(14-27)21(28)24-23-26-25-22(33-23)16-6-9-19-20(13-16)32-12-11-31-19/h4-9,13,17H,2-3,10-12,14H2,1H3,(H,24,26,28). The number of amides is 1. The van der Waals surface area contributed by atoms with Crippen molar-refractivity contribution >= 4 is 21.9 Å². The summed E-state index contributed by atoms with van der Waals surface area (Å²) in [5.74, 6) is 0.564. The minimum absolute atomic E-state index is 0.0478. The maximum Gasteiger partial charge on any atom is 0.322 e. The molecule has 0 aliphatic carbocycles. The molecule has 0 bridgehead atoms. The van der Waals surface area contributed by atoms with E-state index in [-0.39, 0.29) is 29.3 Å². The van der Waals surface area contributed by atoms with Crippen molar-refractivity contribution in [3.05, 3.63) is 48.0 Å². The first-order valence-electron chi connectivity index (χ1n) is 11.0. The summed E-state index contributed by atoms with van der Waals surface area (Å²) in [6, 6.07) is 11.9. The van der Waals surface area contributed by atoms with Crippen LogP contribution in [0.25, 0.3) is 11.5 Å². The lowest BCUT2D eigenvalue weighted by Crippen LogP contribution is -2.43. The molecule has 3 heterocycles. The average molecular weight is 485 g/mol. The zero-order chi connectivity index (χ0) is 23.7. The highest BCUT2D eigenvalue weighted by Gasteiger charge is 2.34. The smallest absolute Gasteiger partial charge is 0.322 e. The van der Waals surface area contributed by atoms with Crippen LogP contribution in [0.4, 0.5) is 6.01 Å². The van der Waals surface area contributed by atoms with Gasteiger partial charge in [0.2, 0.25) is 21.8 Å². The SMILES string of the molecule is Cc1ccc(S(=O)(=O)N2CCCC(C(=O)Nc3nnc(-c4ccc5c(c4)OCCO5)o3)C2)cc1. The molecule has 10 nitrogen and oxygen atoms in total. The van der Waals surface area contributed by atoms with E-state index in [0.717, 1.165) is 5.56 Å². The lowest BCUT2D eigenvalue weighted by Gasteiger charge is -2.30. The second-order valence-electron chi connectivity index (χ2n) is 8.28. The van der Waals surface area contributed by atoms with E-state index in [0.29, 0.717) is 49.7 Å². The molecule has 11 heteroatoms. The van der Waals surface area contributed by atoms with Gasteiger partial charge in [-0.3, -0.25) is 10.1 Å². The fourth-order valence-electron chi connectivity index (χ4n) is 4.01. The van der Waals surface area contributed by atoms with Gasteiger partial charge in [0.1, 0.15) is 13.2 Å². The molecule has 0 spiro atoms. The Balaban J connectivity index is 1.26. The van der Waals surface area contributed by atoms with Gasteiger partial charge in [0.05, 0.1) is 10.8 Å². The van der Waals surface area contributed by atoms with Gasteiger partial charge < -0.3 is 13.9 Å². The highest BCUT2D eigenvalue weighted by molar-refractivity contribution is 7.89. The quantitative estimate of drug-likeness (QED) is 0.586. The summed E-state index contributed by atoms with van der Waals surface area (Å²) in [6.45, 7) is 3.31.